The molecule has 0 spiro atoms. The van der Waals surface area contributed by atoms with E-state index in [2.05, 4.69) is 12.2 Å². The Morgan fingerprint density at radius 1 is 0.958 bits per heavy atom. The molecule has 1 heterocycles. The molecular weight excluding hydrogens is 306 g/mol. The molecule has 5 nitrogen and oxygen atoms in total. The maximum Gasteiger partial charge on any atom is 0.328 e. The molecule has 1 N–H and O–H groups in total. The molecular formula is C19H35NO4. The van der Waals surface area contributed by atoms with Gasteiger partial charge in [0.2, 0.25) is 5.91 Å². The van der Waals surface area contributed by atoms with E-state index in [-0.39, 0.29) is 18.5 Å². The maximum absolute atomic E-state index is 11.6. The van der Waals surface area contributed by atoms with E-state index in [1.54, 1.807) is 0 Å². The van der Waals surface area contributed by atoms with Crippen LogP contribution in [0.25, 0.3) is 0 Å². The molecule has 1 fully saturated rings. The third kappa shape index (κ3) is 10.6. The molecule has 24 heavy (non-hydrogen) atoms. The van der Waals surface area contributed by atoms with Crippen molar-refractivity contribution in [3.63, 3.8) is 0 Å². The predicted molar refractivity (Wildman–Crippen MR) is 94.8 cm³/mol. The quantitative estimate of drug-likeness (QED) is 0.364. The third-order valence-corrected chi connectivity index (χ3v) is 4.39. The highest BCUT2D eigenvalue weighted by atomic mass is 16.6. The zero-order valence-electron chi connectivity index (χ0n) is 15.3. The molecule has 1 saturated heterocycles. The first-order chi connectivity index (χ1) is 11.7. The highest BCUT2D eigenvalue weighted by Gasteiger charge is 2.28. The van der Waals surface area contributed by atoms with E-state index in [0.717, 1.165) is 13.0 Å². The third-order valence-electron chi connectivity index (χ3n) is 4.39. The van der Waals surface area contributed by atoms with Gasteiger partial charge in [-0.1, -0.05) is 64.7 Å². The molecule has 1 aliphatic rings. The van der Waals surface area contributed by atoms with E-state index < -0.39 is 6.04 Å². The van der Waals surface area contributed by atoms with Crippen LogP contribution in [0.1, 0.15) is 84.0 Å². The van der Waals surface area contributed by atoms with Gasteiger partial charge < -0.3 is 14.8 Å². The summed E-state index contributed by atoms with van der Waals surface area (Å²) in [5.41, 5.74) is 0. The summed E-state index contributed by atoms with van der Waals surface area (Å²) in [6.45, 7) is 3.68. The lowest BCUT2D eigenvalue weighted by molar-refractivity contribution is -0.148. The second-order valence-electron chi connectivity index (χ2n) is 6.62. The van der Waals surface area contributed by atoms with Crippen molar-refractivity contribution in [1.29, 1.82) is 0 Å². The number of ether oxygens (including phenoxy) is 2. The topological polar surface area (TPSA) is 64.6 Å². The predicted octanol–water partition coefficient (Wildman–Crippen LogP) is 3.75. The number of amides is 1. The number of carbonyl (C=O) groups excluding carboxylic acids is 2. The lowest BCUT2D eigenvalue weighted by Gasteiger charge is -2.10. The Bertz CT molecular complexity index is 346. The summed E-state index contributed by atoms with van der Waals surface area (Å²) in [5, 5.41) is 2.60. The fourth-order valence-corrected chi connectivity index (χ4v) is 2.89. The fraction of sp³-hybridized carbons (Fsp3) is 0.895. The van der Waals surface area contributed by atoms with E-state index in [4.69, 9.17) is 9.47 Å². The number of hydrogen-bond acceptors (Lipinski definition) is 4. The molecule has 1 aliphatic heterocycles. The van der Waals surface area contributed by atoms with Gasteiger partial charge in [-0.05, 0) is 12.8 Å². The SMILES string of the molecule is CCCCCCCCCCCCOCCOC(=O)C1CCC(=O)N1. The number of esters is 1. The zero-order valence-corrected chi connectivity index (χ0v) is 15.3. The average Bonchev–Trinajstić information content (AvgIpc) is 3.01. The number of nitrogens with one attached hydrogen (secondary N) is 1. The van der Waals surface area contributed by atoms with Crippen LogP contribution in [0.2, 0.25) is 0 Å². The minimum Gasteiger partial charge on any atom is -0.462 e. The average molecular weight is 341 g/mol. The summed E-state index contributed by atoms with van der Waals surface area (Å²) in [7, 11) is 0. The smallest absolute Gasteiger partial charge is 0.328 e. The first-order valence-corrected chi connectivity index (χ1v) is 9.77. The van der Waals surface area contributed by atoms with Crippen LogP contribution >= 0.6 is 0 Å². The molecule has 1 rings (SSSR count). The summed E-state index contributed by atoms with van der Waals surface area (Å²) in [6.07, 6.45) is 14.1. The minimum absolute atomic E-state index is 0.0749. The Hall–Kier alpha value is -1.10. The van der Waals surface area contributed by atoms with Gasteiger partial charge in [0.15, 0.2) is 0 Å². The highest BCUT2D eigenvalue weighted by molar-refractivity contribution is 5.87. The van der Waals surface area contributed by atoms with Crippen molar-refractivity contribution in [3.05, 3.63) is 0 Å². The van der Waals surface area contributed by atoms with Gasteiger partial charge in [-0.2, -0.15) is 0 Å². The molecule has 0 bridgehead atoms. The van der Waals surface area contributed by atoms with Gasteiger partial charge in [-0.25, -0.2) is 4.79 Å². The lowest BCUT2D eigenvalue weighted by Crippen LogP contribution is -2.35. The second kappa shape index (κ2) is 14.3. The molecule has 0 saturated carbocycles. The lowest BCUT2D eigenvalue weighted by atomic mass is 10.1. The van der Waals surface area contributed by atoms with Gasteiger partial charge >= 0.3 is 5.97 Å². The van der Waals surface area contributed by atoms with Crippen LogP contribution in [-0.4, -0.2) is 37.7 Å². The minimum atomic E-state index is -0.459. The summed E-state index contributed by atoms with van der Waals surface area (Å²) < 4.78 is 10.6. The van der Waals surface area contributed by atoms with Gasteiger partial charge in [-0.15, -0.1) is 0 Å². The van der Waals surface area contributed by atoms with Crippen molar-refractivity contribution in [2.45, 2.75) is 90.0 Å². The second-order valence-corrected chi connectivity index (χ2v) is 6.62. The van der Waals surface area contributed by atoms with E-state index in [0.29, 0.717) is 19.4 Å². The van der Waals surface area contributed by atoms with Gasteiger partial charge in [-0.3, -0.25) is 4.79 Å². The fourth-order valence-electron chi connectivity index (χ4n) is 2.89. The molecule has 0 aromatic carbocycles. The van der Waals surface area contributed by atoms with Crippen molar-refractivity contribution in [2.75, 3.05) is 19.8 Å². The first-order valence-electron chi connectivity index (χ1n) is 9.77. The first kappa shape index (κ1) is 20.9. The summed E-state index contributed by atoms with van der Waals surface area (Å²) in [6, 6.07) is -0.459. The molecule has 1 unspecified atom stereocenters. The van der Waals surface area contributed by atoms with Crippen LogP contribution in [0.3, 0.4) is 0 Å². The number of rotatable bonds is 15. The maximum atomic E-state index is 11.6. The largest absolute Gasteiger partial charge is 0.462 e. The summed E-state index contributed by atoms with van der Waals surface area (Å²) >= 11 is 0. The molecule has 0 radical (unpaired) electrons. The van der Waals surface area contributed by atoms with Gasteiger partial charge in [0.05, 0.1) is 6.61 Å². The number of carbonyl (C=O) groups is 2. The van der Waals surface area contributed by atoms with Crippen LogP contribution in [0, 0.1) is 0 Å². The summed E-state index contributed by atoms with van der Waals surface area (Å²) in [5.74, 6) is -0.419. The molecule has 1 atom stereocenters. The van der Waals surface area contributed by atoms with Gasteiger partial charge in [0.25, 0.3) is 0 Å². The normalized spacial score (nSPS) is 17.0. The van der Waals surface area contributed by atoms with Gasteiger partial charge in [0, 0.05) is 13.0 Å². The number of hydrogen-bond donors (Lipinski definition) is 1. The van der Waals surface area contributed by atoms with E-state index in [9.17, 15) is 9.59 Å². The van der Waals surface area contributed by atoms with Crippen LogP contribution in [0.15, 0.2) is 0 Å². The molecule has 0 aromatic heterocycles. The zero-order chi connectivity index (χ0) is 17.5. The van der Waals surface area contributed by atoms with Crippen LogP contribution in [0.5, 0.6) is 0 Å². The van der Waals surface area contributed by atoms with E-state index >= 15 is 0 Å². The Balaban J connectivity index is 1.76. The van der Waals surface area contributed by atoms with E-state index in [1.165, 1.54) is 57.8 Å². The van der Waals surface area contributed by atoms with Crippen molar-refractivity contribution in [3.8, 4) is 0 Å². The van der Waals surface area contributed by atoms with Crippen LogP contribution < -0.4 is 5.32 Å². The summed E-state index contributed by atoms with van der Waals surface area (Å²) in [4.78, 5) is 22.6. The van der Waals surface area contributed by atoms with Crippen LogP contribution in [-0.2, 0) is 19.1 Å². The van der Waals surface area contributed by atoms with Crippen LogP contribution in [0.4, 0.5) is 0 Å². The van der Waals surface area contributed by atoms with Gasteiger partial charge in [0.1, 0.15) is 12.6 Å². The molecule has 5 heteroatoms. The standard InChI is InChI=1S/C19H35NO4/c1-2-3-4-5-6-7-8-9-10-11-14-23-15-16-24-19(22)17-12-13-18(21)20-17/h17H,2-16H2,1H3,(H,20,21). The Morgan fingerprint density at radius 2 is 1.58 bits per heavy atom. The Morgan fingerprint density at radius 3 is 2.17 bits per heavy atom. The highest BCUT2D eigenvalue weighted by Crippen LogP contribution is 2.10. The van der Waals surface area contributed by atoms with Crippen molar-refractivity contribution < 1.29 is 19.1 Å². The number of unbranched alkanes of at least 4 members (excludes halogenated alkanes) is 9. The van der Waals surface area contributed by atoms with Crippen molar-refractivity contribution >= 4 is 11.9 Å². The molecule has 0 aromatic rings. The monoisotopic (exact) mass is 341 g/mol. The van der Waals surface area contributed by atoms with E-state index in [1.807, 2.05) is 0 Å². The van der Waals surface area contributed by atoms with Crippen molar-refractivity contribution in [1.82, 2.24) is 5.32 Å². The molecule has 140 valence electrons. The molecule has 1 amide bonds. The Labute approximate surface area is 146 Å². The Kier molecular flexibility index (Phi) is 12.4. The molecule has 0 aliphatic carbocycles. The van der Waals surface area contributed by atoms with Crippen molar-refractivity contribution in [2.24, 2.45) is 0 Å².